The standard InChI is InChI=1S/C14H11ClO4S/c15-20(17,18)13-9-5-4-8-12(13)10-19-14(16)11-6-2-1-3-7-11/h1-9H,10H2. The molecule has 0 saturated carbocycles. The molecule has 104 valence electrons. The van der Waals surface area contributed by atoms with Crippen LogP contribution in [0.1, 0.15) is 15.9 Å². The van der Waals surface area contributed by atoms with E-state index in [1.165, 1.54) is 6.07 Å². The van der Waals surface area contributed by atoms with E-state index < -0.39 is 15.0 Å². The minimum atomic E-state index is -3.87. The largest absolute Gasteiger partial charge is 0.457 e. The highest BCUT2D eigenvalue weighted by molar-refractivity contribution is 8.13. The van der Waals surface area contributed by atoms with Crippen LogP contribution < -0.4 is 0 Å². The lowest BCUT2D eigenvalue weighted by atomic mass is 10.2. The Hall–Kier alpha value is -1.85. The molecule has 0 aliphatic carbocycles. The highest BCUT2D eigenvalue weighted by atomic mass is 35.7. The van der Waals surface area contributed by atoms with Crippen LogP contribution in [0.25, 0.3) is 0 Å². The summed E-state index contributed by atoms with van der Waals surface area (Å²) in [4.78, 5) is 11.7. The number of benzene rings is 2. The third-order valence-corrected chi connectivity index (χ3v) is 4.03. The van der Waals surface area contributed by atoms with Gasteiger partial charge in [0.15, 0.2) is 0 Å². The summed E-state index contributed by atoms with van der Waals surface area (Å²) in [5.41, 5.74) is 0.741. The zero-order chi connectivity index (χ0) is 14.6. The van der Waals surface area contributed by atoms with E-state index in [0.717, 1.165) is 0 Å². The van der Waals surface area contributed by atoms with Gasteiger partial charge in [0, 0.05) is 16.2 Å². The van der Waals surface area contributed by atoms with Gasteiger partial charge in [0.2, 0.25) is 0 Å². The molecule has 2 aromatic rings. The minimum absolute atomic E-state index is 0.0532. The van der Waals surface area contributed by atoms with Crippen molar-refractivity contribution in [2.24, 2.45) is 0 Å². The molecule has 0 aromatic heterocycles. The second-order valence-corrected chi connectivity index (χ2v) is 6.52. The first-order valence-electron chi connectivity index (χ1n) is 5.73. The summed E-state index contributed by atoms with van der Waals surface area (Å²) >= 11 is 0. The quantitative estimate of drug-likeness (QED) is 0.643. The lowest BCUT2D eigenvalue weighted by Crippen LogP contribution is -2.07. The molecular formula is C14H11ClO4S. The lowest BCUT2D eigenvalue weighted by Gasteiger charge is -2.08. The van der Waals surface area contributed by atoms with E-state index in [9.17, 15) is 13.2 Å². The van der Waals surface area contributed by atoms with Crippen LogP contribution in [0.15, 0.2) is 59.5 Å². The Balaban J connectivity index is 2.15. The minimum Gasteiger partial charge on any atom is -0.457 e. The maximum absolute atomic E-state index is 11.8. The highest BCUT2D eigenvalue weighted by Crippen LogP contribution is 2.20. The Labute approximate surface area is 121 Å². The van der Waals surface area contributed by atoms with Crippen molar-refractivity contribution in [2.75, 3.05) is 0 Å². The molecular weight excluding hydrogens is 300 g/mol. The lowest BCUT2D eigenvalue weighted by molar-refractivity contribution is 0.0469. The summed E-state index contributed by atoms with van der Waals surface area (Å²) in [6.45, 7) is -0.157. The molecule has 0 aliphatic heterocycles. The smallest absolute Gasteiger partial charge is 0.338 e. The van der Waals surface area contributed by atoms with Gasteiger partial charge in [-0.3, -0.25) is 0 Å². The normalized spacial score (nSPS) is 11.1. The van der Waals surface area contributed by atoms with Gasteiger partial charge in [0.05, 0.1) is 10.5 Å². The van der Waals surface area contributed by atoms with Gasteiger partial charge in [-0.2, -0.15) is 0 Å². The molecule has 0 atom stereocenters. The van der Waals surface area contributed by atoms with E-state index in [4.69, 9.17) is 15.4 Å². The van der Waals surface area contributed by atoms with Crippen LogP contribution in [0.5, 0.6) is 0 Å². The molecule has 4 nitrogen and oxygen atoms in total. The number of ether oxygens (including phenoxy) is 1. The second kappa shape index (κ2) is 6.07. The fraction of sp³-hybridized carbons (Fsp3) is 0.0714. The van der Waals surface area contributed by atoms with Crippen molar-refractivity contribution in [3.8, 4) is 0 Å². The summed E-state index contributed by atoms with van der Waals surface area (Å²) in [6, 6.07) is 14.6. The third-order valence-electron chi connectivity index (χ3n) is 2.60. The van der Waals surface area contributed by atoms with Crippen molar-refractivity contribution in [1.29, 1.82) is 0 Å². The first-order valence-corrected chi connectivity index (χ1v) is 8.04. The number of carbonyl (C=O) groups is 1. The van der Waals surface area contributed by atoms with Gasteiger partial charge in [0.25, 0.3) is 9.05 Å². The number of rotatable bonds is 4. The van der Waals surface area contributed by atoms with Crippen LogP contribution >= 0.6 is 10.7 Å². The zero-order valence-corrected chi connectivity index (χ0v) is 11.9. The first-order chi connectivity index (χ1) is 9.48. The van der Waals surface area contributed by atoms with Gasteiger partial charge in [-0.15, -0.1) is 0 Å². The fourth-order valence-corrected chi connectivity index (χ4v) is 2.79. The molecule has 0 amide bonds. The monoisotopic (exact) mass is 310 g/mol. The molecule has 20 heavy (non-hydrogen) atoms. The Bertz CT molecular complexity index is 711. The van der Waals surface area contributed by atoms with Crippen LogP contribution in [-0.2, 0) is 20.4 Å². The van der Waals surface area contributed by atoms with Crippen LogP contribution in [0.3, 0.4) is 0 Å². The second-order valence-electron chi connectivity index (χ2n) is 3.99. The molecule has 2 aromatic carbocycles. The van der Waals surface area contributed by atoms with Crippen molar-refractivity contribution in [3.63, 3.8) is 0 Å². The SMILES string of the molecule is O=C(OCc1ccccc1S(=O)(=O)Cl)c1ccccc1. The van der Waals surface area contributed by atoms with Crippen molar-refractivity contribution in [3.05, 3.63) is 65.7 Å². The summed E-state index contributed by atoms with van der Waals surface area (Å²) in [5.74, 6) is -0.521. The van der Waals surface area contributed by atoms with Gasteiger partial charge < -0.3 is 4.74 Å². The van der Waals surface area contributed by atoms with Crippen LogP contribution in [-0.4, -0.2) is 14.4 Å². The molecule has 6 heteroatoms. The van der Waals surface area contributed by atoms with Gasteiger partial charge in [-0.25, -0.2) is 13.2 Å². The molecule has 2 rings (SSSR count). The maximum atomic E-state index is 11.8. The molecule has 0 N–H and O–H groups in total. The number of carbonyl (C=O) groups excluding carboxylic acids is 1. The highest BCUT2D eigenvalue weighted by Gasteiger charge is 2.16. The molecule has 0 radical (unpaired) electrons. The molecule has 0 fully saturated rings. The van der Waals surface area contributed by atoms with Crippen molar-refractivity contribution in [1.82, 2.24) is 0 Å². The van der Waals surface area contributed by atoms with Crippen LogP contribution in [0.4, 0.5) is 0 Å². The number of hydrogen-bond acceptors (Lipinski definition) is 4. The van der Waals surface area contributed by atoms with E-state index in [-0.39, 0.29) is 11.5 Å². The first kappa shape index (κ1) is 14.6. The number of halogens is 1. The van der Waals surface area contributed by atoms with Crippen molar-refractivity contribution < 1.29 is 17.9 Å². The van der Waals surface area contributed by atoms with Crippen LogP contribution in [0, 0.1) is 0 Å². The van der Waals surface area contributed by atoms with Gasteiger partial charge in [-0.1, -0.05) is 36.4 Å². The Kier molecular flexibility index (Phi) is 4.42. The zero-order valence-electron chi connectivity index (χ0n) is 10.3. The van der Waals surface area contributed by atoms with Crippen LogP contribution in [0.2, 0.25) is 0 Å². The molecule has 0 spiro atoms. The fourth-order valence-electron chi connectivity index (χ4n) is 1.66. The van der Waals surface area contributed by atoms with E-state index in [1.807, 2.05) is 0 Å². The van der Waals surface area contributed by atoms with Gasteiger partial charge >= 0.3 is 5.97 Å². The summed E-state index contributed by atoms with van der Waals surface area (Å²) in [6.07, 6.45) is 0. The summed E-state index contributed by atoms with van der Waals surface area (Å²) in [5, 5.41) is 0. The maximum Gasteiger partial charge on any atom is 0.338 e. The molecule has 0 heterocycles. The summed E-state index contributed by atoms with van der Waals surface area (Å²) in [7, 11) is 1.46. The Morgan fingerprint density at radius 3 is 2.25 bits per heavy atom. The molecule has 0 unspecified atom stereocenters. The van der Waals surface area contributed by atoms with E-state index in [1.54, 1.807) is 48.5 Å². The summed E-state index contributed by atoms with van der Waals surface area (Å²) < 4.78 is 27.9. The van der Waals surface area contributed by atoms with Gasteiger partial charge in [0.1, 0.15) is 6.61 Å². The van der Waals surface area contributed by atoms with Crippen molar-refractivity contribution >= 4 is 25.7 Å². The predicted octanol–water partition coefficient (Wildman–Crippen LogP) is 2.97. The third kappa shape index (κ3) is 3.59. The number of esters is 1. The average molecular weight is 311 g/mol. The Morgan fingerprint density at radius 2 is 1.60 bits per heavy atom. The van der Waals surface area contributed by atoms with Crippen molar-refractivity contribution in [2.45, 2.75) is 11.5 Å². The molecule has 0 saturated heterocycles. The number of hydrogen-bond donors (Lipinski definition) is 0. The Morgan fingerprint density at radius 1 is 1.00 bits per heavy atom. The van der Waals surface area contributed by atoms with E-state index >= 15 is 0 Å². The predicted molar refractivity (Wildman–Crippen MR) is 75.0 cm³/mol. The molecule has 0 bridgehead atoms. The topological polar surface area (TPSA) is 60.4 Å². The van der Waals surface area contributed by atoms with E-state index in [2.05, 4.69) is 0 Å². The van der Waals surface area contributed by atoms with E-state index in [0.29, 0.717) is 11.1 Å². The van der Waals surface area contributed by atoms with Gasteiger partial charge in [-0.05, 0) is 18.2 Å². The average Bonchev–Trinajstić information content (AvgIpc) is 2.45. The molecule has 0 aliphatic rings.